The summed E-state index contributed by atoms with van der Waals surface area (Å²) in [5.74, 6) is 0.931. The molecule has 0 aromatic rings. The molecule has 1 aliphatic carbocycles. The van der Waals surface area contributed by atoms with Gasteiger partial charge in [0.25, 0.3) is 0 Å². The number of nitrogens with zero attached hydrogens (tertiary/aromatic N) is 1. The van der Waals surface area contributed by atoms with E-state index in [1.807, 2.05) is 7.05 Å². The predicted octanol–water partition coefficient (Wildman–Crippen LogP) is 0.831. The van der Waals surface area contributed by atoms with Gasteiger partial charge in [0.2, 0.25) is 0 Å². The van der Waals surface area contributed by atoms with E-state index in [0.717, 1.165) is 18.5 Å². The highest BCUT2D eigenvalue weighted by Crippen LogP contribution is 2.36. The first kappa shape index (κ1) is 11.4. The molecule has 3 unspecified atom stereocenters. The van der Waals surface area contributed by atoms with Gasteiger partial charge in [-0.25, -0.2) is 0 Å². The summed E-state index contributed by atoms with van der Waals surface area (Å²) in [7, 11) is 1.90. The van der Waals surface area contributed by atoms with Crippen LogP contribution in [0.25, 0.3) is 0 Å². The van der Waals surface area contributed by atoms with Crippen LogP contribution in [0.3, 0.4) is 0 Å². The van der Waals surface area contributed by atoms with E-state index in [0.29, 0.717) is 6.54 Å². The molecule has 0 bridgehead atoms. The summed E-state index contributed by atoms with van der Waals surface area (Å²) < 4.78 is 0. The first-order chi connectivity index (χ1) is 7.31. The van der Waals surface area contributed by atoms with Crippen molar-refractivity contribution in [1.82, 2.24) is 10.2 Å². The summed E-state index contributed by atoms with van der Waals surface area (Å²) in [6.07, 6.45) is 6.72. The lowest BCUT2D eigenvalue weighted by Gasteiger charge is -2.38. The Balaban J connectivity index is 1.84. The largest absolute Gasteiger partial charge is 0.390 e. The third kappa shape index (κ3) is 2.71. The van der Waals surface area contributed by atoms with Crippen LogP contribution in [-0.4, -0.2) is 48.8 Å². The van der Waals surface area contributed by atoms with Crippen LogP contribution in [0.15, 0.2) is 0 Å². The van der Waals surface area contributed by atoms with Gasteiger partial charge < -0.3 is 10.4 Å². The van der Waals surface area contributed by atoms with E-state index in [1.54, 1.807) is 0 Å². The smallest absolute Gasteiger partial charge is 0.0791 e. The van der Waals surface area contributed by atoms with Crippen LogP contribution in [-0.2, 0) is 0 Å². The summed E-state index contributed by atoms with van der Waals surface area (Å²) in [5.41, 5.74) is 0. The quantitative estimate of drug-likeness (QED) is 0.724. The topological polar surface area (TPSA) is 35.5 Å². The van der Waals surface area contributed by atoms with Crippen molar-refractivity contribution in [1.29, 1.82) is 0 Å². The second-order valence-corrected chi connectivity index (χ2v) is 5.11. The van der Waals surface area contributed by atoms with Gasteiger partial charge in [-0.2, -0.15) is 0 Å². The number of likely N-dealkylation sites (tertiary alicyclic amines) is 1. The van der Waals surface area contributed by atoms with Crippen molar-refractivity contribution in [3.05, 3.63) is 0 Å². The van der Waals surface area contributed by atoms with Crippen molar-refractivity contribution >= 4 is 0 Å². The van der Waals surface area contributed by atoms with E-state index in [4.69, 9.17) is 0 Å². The van der Waals surface area contributed by atoms with Gasteiger partial charge in [-0.1, -0.05) is 6.42 Å². The second-order valence-electron chi connectivity index (χ2n) is 5.11. The zero-order valence-electron chi connectivity index (χ0n) is 9.78. The summed E-state index contributed by atoms with van der Waals surface area (Å²) in [5, 5.41) is 12.9. The maximum Gasteiger partial charge on any atom is 0.0791 e. The van der Waals surface area contributed by atoms with Gasteiger partial charge in [0.05, 0.1) is 6.10 Å². The van der Waals surface area contributed by atoms with Crippen LogP contribution < -0.4 is 5.32 Å². The number of likely N-dealkylation sites (N-methyl/N-ethyl adjacent to an activating group) is 1. The Bertz CT molecular complexity index is 198. The minimum absolute atomic E-state index is 0.200. The van der Waals surface area contributed by atoms with Crippen LogP contribution in [0.4, 0.5) is 0 Å². The van der Waals surface area contributed by atoms with Crippen LogP contribution >= 0.6 is 0 Å². The average Bonchev–Trinajstić information content (AvgIpc) is 2.67. The highest BCUT2D eigenvalue weighted by Gasteiger charge is 2.35. The molecule has 15 heavy (non-hydrogen) atoms. The molecular formula is C12H24N2O. The molecule has 0 amide bonds. The molecule has 1 heterocycles. The Morgan fingerprint density at radius 1 is 1.33 bits per heavy atom. The van der Waals surface area contributed by atoms with Crippen LogP contribution in [0, 0.1) is 5.92 Å². The second kappa shape index (κ2) is 5.28. The third-order valence-electron chi connectivity index (χ3n) is 3.99. The molecule has 88 valence electrons. The number of hydrogen-bond acceptors (Lipinski definition) is 3. The molecule has 1 aliphatic heterocycles. The zero-order chi connectivity index (χ0) is 10.7. The fraction of sp³-hybridized carbons (Fsp3) is 1.00. The van der Waals surface area contributed by atoms with E-state index in [1.165, 1.54) is 38.6 Å². The molecule has 3 atom stereocenters. The van der Waals surface area contributed by atoms with Gasteiger partial charge in [-0.3, -0.25) is 4.90 Å². The molecule has 2 rings (SSSR count). The predicted molar refractivity (Wildman–Crippen MR) is 61.9 cm³/mol. The maximum absolute atomic E-state index is 9.82. The Hall–Kier alpha value is -0.120. The van der Waals surface area contributed by atoms with Crippen LogP contribution in [0.1, 0.15) is 32.1 Å². The molecule has 0 aromatic carbocycles. The fourth-order valence-corrected chi connectivity index (χ4v) is 3.35. The van der Waals surface area contributed by atoms with E-state index in [9.17, 15) is 5.11 Å². The zero-order valence-corrected chi connectivity index (χ0v) is 9.78. The third-order valence-corrected chi connectivity index (χ3v) is 3.99. The standard InChI is InChI=1S/C12H24N2O/c1-13-8-11(15)9-14-7-3-5-10-4-2-6-12(10)14/h10-13,15H,2-9H2,1H3. The molecule has 2 N–H and O–H groups in total. The number of hydrogen-bond donors (Lipinski definition) is 2. The fourth-order valence-electron chi connectivity index (χ4n) is 3.35. The lowest BCUT2D eigenvalue weighted by atomic mass is 9.92. The number of β-amino-alcohol motifs (C(OH)–C–C–N with tert-alkyl or cyclic N) is 1. The Morgan fingerprint density at radius 3 is 2.93 bits per heavy atom. The van der Waals surface area contributed by atoms with Gasteiger partial charge in [0.1, 0.15) is 0 Å². The summed E-state index contributed by atoms with van der Waals surface area (Å²) >= 11 is 0. The van der Waals surface area contributed by atoms with Crippen molar-refractivity contribution in [2.75, 3.05) is 26.7 Å². The van der Waals surface area contributed by atoms with Gasteiger partial charge in [0, 0.05) is 19.1 Å². The van der Waals surface area contributed by atoms with Crippen molar-refractivity contribution in [3.8, 4) is 0 Å². The highest BCUT2D eigenvalue weighted by atomic mass is 16.3. The Labute approximate surface area is 92.8 Å². The van der Waals surface area contributed by atoms with Crippen molar-refractivity contribution < 1.29 is 5.11 Å². The van der Waals surface area contributed by atoms with E-state index in [-0.39, 0.29) is 6.10 Å². The summed E-state index contributed by atoms with van der Waals surface area (Å²) in [6, 6.07) is 0.783. The summed E-state index contributed by atoms with van der Waals surface area (Å²) in [4.78, 5) is 2.53. The lowest BCUT2D eigenvalue weighted by molar-refractivity contribution is 0.0519. The van der Waals surface area contributed by atoms with Crippen LogP contribution in [0.5, 0.6) is 0 Å². The number of rotatable bonds is 4. The van der Waals surface area contributed by atoms with Crippen molar-refractivity contribution in [3.63, 3.8) is 0 Å². The van der Waals surface area contributed by atoms with Gasteiger partial charge >= 0.3 is 0 Å². The van der Waals surface area contributed by atoms with Gasteiger partial charge in [-0.15, -0.1) is 0 Å². The van der Waals surface area contributed by atoms with Crippen LogP contribution in [0.2, 0.25) is 0 Å². The minimum atomic E-state index is -0.200. The number of aliphatic hydroxyl groups is 1. The molecule has 3 nitrogen and oxygen atoms in total. The average molecular weight is 212 g/mol. The number of piperidine rings is 1. The summed E-state index contributed by atoms with van der Waals surface area (Å²) in [6.45, 7) is 2.78. The molecule has 1 saturated carbocycles. The maximum atomic E-state index is 9.82. The molecule has 1 saturated heterocycles. The molecule has 2 aliphatic rings. The molecule has 0 aromatic heterocycles. The normalized spacial score (nSPS) is 34.0. The molecule has 3 heteroatoms. The lowest BCUT2D eigenvalue weighted by Crippen LogP contribution is -2.47. The SMILES string of the molecule is CNCC(O)CN1CCCC2CCCC21. The van der Waals surface area contributed by atoms with Gasteiger partial charge in [-0.05, 0) is 45.2 Å². The van der Waals surface area contributed by atoms with E-state index < -0.39 is 0 Å². The number of fused-ring (bicyclic) bond motifs is 1. The minimum Gasteiger partial charge on any atom is -0.390 e. The first-order valence-electron chi connectivity index (χ1n) is 6.38. The van der Waals surface area contributed by atoms with E-state index in [2.05, 4.69) is 10.2 Å². The number of aliphatic hydroxyl groups excluding tert-OH is 1. The van der Waals surface area contributed by atoms with Crippen molar-refractivity contribution in [2.24, 2.45) is 5.92 Å². The highest BCUT2D eigenvalue weighted by molar-refractivity contribution is 4.89. The Morgan fingerprint density at radius 2 is 2.13 bits per heavy atom. The Kier molecular flexibility index (Phi) is 4.00. The number of nitrogens with one attached hydrogen (secondary N) is 1. The molecule has 2 fully saturated rings. The van der Waals surface area contributed by atoms with Gasteiger partial charge in [0.15, 0.2) is 0 Å². The molecular weight excluding hydrogens is 188 g/mol. The van der Waals surface area contributed by atoms with Crippen molar-refractivity contribution in [2.45, 2.75) is 44.2 Å². The first-order valence-corrected chi connectivity index (χ1v) is 6.38. The molecule has 0 spiro atoms. The van der Waals surface area contributed by atoms with E-state index >= 15 is 0 Å². The monoisotopic (exact) mass is 212 g/mol. The molecule has 0 radical (unpaired) electrons.